The summed E-state index contributed by atoms with van der Waals surface area (Å²) in [5.41, 5.74) is 0. The van der Waals surface area contributed by atoms with Crippen LogP contribution in [0.2, 0.25) is 0 Å². The summed E-state index contributed by atoms with van der Waals surface area (Å²) in [5, 5.41) is 25.8. The summed E-state index contributed by atoms with van der Waals surface area (Å²) in [6.45, 7) is -0.856. The molecule has 0 aromatic carbocycles. The van der Waals surface area contributed by atoms with Gasteiger partial charge in [0.15, 0.2) is 0 Å². The molecule has 1 aromatic rings. The zero-order chi connectivity index (χ0) is 13.1. The first-order valence-electron chi connectivity index (χ1n) is 4.26. The van der Waals surface area contributed by atoms with Crippen LogP contribution in [0, 0.1) is 11.3 Å². The van der Waals surface area contributed by atoms with Gasteiger partial charge in [-0.25, -0.2) is 8.42 Å². The number of aliphatic carboxylic acids is 1. The lowest BCUT2D eigenvalue weighted by Crippen LogP contribution is -2.42. The molecule has 0 saturated heterocycles. The number of nitrogens with one attached hydrogen (secondary N) is 1. The van der Waals surface area contributed by atoms with Gasteiger partial charge in [-0.1, -0.05) is 0 Å². The Hall–Kier alpha value is -1.47. The summed E-state index contributed by atoms with van der Waals surface area (Å²) < 4.78 is 24.9. The molecule has 0 unspecified atom stereocenters. The van der Waals surface area contributed by atoms with E-state index in [1.54, 1.807) is 6.07 Å². The number of carboxylic acid groups (broad SMARTS) is 1. The van der Waals surface area contributed by atoms with E-state index < -0.39 is 28.6 Å². The molecule has 3 N–H and O–H groups in total. The molecule has 17 heavy (non-hydrogen) atoms. The maximum Gasteiger partial charge on any atom is 0.324 e. The van der Waals surface area contributed by atoms with Crippen LogP contribution >= 0.6 is 11.3 Å². The topological polar surface area (TPSA) is 127 Å². The third-order valence-electron chi connectivity index (χ3n) is 1.73. The monoisotopic (exact) mass is 276 g/mol. The van der Waals surface area contributed by atoms with Crippen molar-refractivity contribution in [2.24, 2.45) is 0 Å². The van der Waals surface area contributed by atoms with Crippen molar-refractivity contribution < 1.29 is 23.4 Å². The van der Waals surface area contributed by atoms with Crippen LogP contribution < -0.4 is 4.72 Å². The summed E-state index contributed by atoms with van der Waals surface area (Å²) >= 11 is 0.718. The summed E-state index contributed by atoms with van der Waals surface area (Å²) in [6, 6.07) is 2.68. The van der Waals surface area contributed by atoms with Crippen LogP contribution in [0.4, 0.5) is 0 Å². The number of hydrogen-bond acceptors (Lipinski definition) is 6. The Kier molecular flexibility index (Phi) is 4.19. The van der Waals surface area contributed by atoms with E-state index in [2.05, 4.69) is 0 Å². The van der Waals surface area contributed by atoms with Gasteiger partial charge in [0.05, 0.1) is 6.61 Å². The largest absolute Gasteiger partial charge is 0.480 e. The normalized spacial score (nSPS) is 12.9. The van der Waals surface area contributed by atoms with E-state index in [-0.39, 0.29) is 9.09 Å². The SMILES string of the molecule is N#Cc1ccc(S(=O)(=O)N[C@@H](CO)C(=O)O)s1. The molecule has 92 valence electrons. The molecule has 1 heterocycles. The van der Waals surface area contributed by atoms with Gasteiger partial charge in [0, 0.05) is 0 Å². The van der Waals surface area contributed by atoms with Gasteiger partial charge in [0.25, 0.3) is 10.0 Å². The van der Waals surface area contributed by atoms with E-state index in [9.17, 15) is 13.2 Å². The van der Waals surface area contributed by atoms with Crippen LogP contribution in [0.25, 0.3) is 0 Å². The number of carbonyl (C=O) groups is 1. The van der Waals surface area contributed by atoms with Crippen molar-refractivity contribution in [3.8, 4) is 6.07 Å². The predicted octanol–water partition coefficient (Wildman–Crippen LogP) is -0.656. The Morgan fingerprint density at radius 2 is 2.24 bits per heavy atom. The van der Waals surface area contributed by atoms with E-state index >= 15 is 0 Å². The first kappa shape index (κ1) is 13.6. The Labute approximate surface area is 101 Å². The number of nitrogens with zero attached hydrogens (tertiary/aromatic N) is 1. The fourth-order valence-corrected chi connectivity index (χ4v) is 3.24. The number of sulfonamides is 1. The quantitative estimate of drug-likeness (QED) is 0.655. The van der Waals surface area contributed by atoms with E-state index in [1.807, 2.05) is 4.72 Å². The standard InChI is InChI=1S/C8H8N2O5S2/c9-3-5-1-2-7(16-5)17(14,15)10-6(4-11)8(12)13/h1-2,6,10-11H,4H2,(H,12,13)/t6-/m0/s1. The molecule has 1 atom stereocenters. The molecular formula is C8H8N2O5S2. The van der Waals surface area contributed by atoms with Gasteiger partial charge >= 0.3 is 5.97 Å². The summed E-state index contributed by atoms with van der Waals surface area (Å²) in [4.78, 5) is 10.8. The zero-order valence-electron chi connectivity index (χ0n) is 8.32. The molecule has 0 radical (unpaired) electrons. The van der Waals surface area contributed by atoms with Crippen LogP contribution in [0.1, 0.15) is 4.88 Å². The molecule has 0 aliphatic carbocycles. The first-order chi connectivity index (χ1) is 7.90. The Balaban J connectivity index is 2.96. The number of rotatable bonds is 5. The lowest BCUT2D eigenvalue weighted by atomic mass is 10.3. The molecule has 1 aromatic heterocycles. The average molecular weight is 276 g/mol. The third-order valence-corrected chi connectivity index (χ3v) is 4.69. The van der Waals surface area contributed by atoms with Crippen molar-refractivity contribution in [1.29, 1.82) is 5.26 Å². The van der Waals surface area contributed by atoms with Crippen molar-refractivity contribution in [2.75, 3.05) is 6.61 Å². The van der Waals surface area contributed by atoms with Crippen LogP contribution in [-0.2, 0) is 14.8 Å². The van der Waals surface area contributed by atoms with E-state index in [4.69, 9.17) is 15.5 Å². The second-order valence-electron chi connectivity index (χ2n) is 2.93. The number of aliphatic hydroxyl groups excluding tert-OH is 1. The second kappa shape index (κ2) is 5.24. The van der Waals surface area contributed by atoms with E-state index in [0.29, 0.717) is 0 Å². The van der Waals surface area contributed by atoms with Gasteiger partial charge in [-0.05, 0) is 12.1 Å². The molecule has 9 heteroatoms. The Bertz CT molecular complexity index is 557. The minimum atomic E-state index is -4.03. The maximum atomic E-state index is 11.7. The molecule has 0 fully saturated rings. The van der Waals surface area contributed by atoms with Crippen molar-refractivity contribution in [1.82, 2.24) is 4.72 Å². The smallest absolute Gasteiger partial charge is 0.324 e. The van der Waals surface area contributed by atoms with Crippen LogP contribution in [0.5, 0.6) is 0 Å². The molecule has 7 nitrogen and oxygen atoms in total. The molecule has 0 bridgehead atoms. The van der Waals surface area contributed by atoms with Crippen molar-refractivity contribution >= 4 is 27.3 Å². The first-order valence-corrected chi connectivity index (χ1v) is 6.56. The van der Waals surface area contributed by atoms with Gasteiger partial charge in [-0.3, -0.25) is 4.79 Å². The van der Waals surface area contributed by atoms with Crippen LogP contribution in [0.3, 0.4) is 0 Å². The lowest BCUT2D eigenvalue weighted by Gasteiger charge is -2.10. The van der Waals surface area contributed by atoms with Crippen LogP contribution in [-0.4, -0.2) is 37.2 Å². The molecule has 0 saturated carbocycles. The molecule has 0 aliphatic heterocycles. The van der Waals surface area contributed by atoms with Gasteiger partial charge in [-0.15, -0.1) is 11.3 Å². The minimum absolute atomic E-state index is 0.172. The highest BCUT2D eigenvalue weighted by atomic mass is 32.2. The Morgan fingerprint density at radius 3 is 2.65 bits per heavy atom. The summed E-state index contributed by atoms with van der Waals surface area (Å²) in [5.74, 6) is -1.48. The fraction of sp³-hybridized carbons (Fsp3) is 0.250. The summed E-state index contributed by atoms with van der Waals surface area (Å²) in [6.07, 6.45) is 0. The zero-order valence-corrected chi connectivity index (χ0v) is 9.96. The Morgan fingerprint density at radius 1 is 1.59 bits per heavy atom. The number of hydrogen-bond donors (Lipinski definition) is 3. The number of carboxylic acids is 1. The number of aliphatic hydroxyl groups is 1. The van der Waals surface area contributed by atoms with E-state index in [1.165, 1.54) is 12.1 Å². The molecule has 0 spiro atoms. The third kappa shape index (κ3) is 3.24. The number of nitriles is 1. The van der Waals surface area contributed by atoms with Gasteiger partial charge in [0.2, 0.25) is 0 Å². The van der Waals surface area contributed by atoms with Crippen molar-refractivity contribution in [3.63, 3.8) is 0 Å². The highest BCUT2D eigenvalue weighted by Crippen LogP contribution is 2.20. The van der Waals surface area contributed by atoms with Gasteiger partial charge in [-0.2, -0.15) is 9.98 Å². The highest BCUT2D eigenvalue weighted by Gasteiger charge is 2.25. The van der Waals surface area contributed by atoms with E-state index in [0.717, 1.165) is 11.3 Å². The van der Waals surface area contributed by atoms with Gasteiger partial charge in [0.1, 0.15) is 21.2 Å². The highest BCUT2D eigenvalue weighted by molar-refractivity contribution is 7.91. The average Bonchev–Trinajstić information content (AvgIpc) is 2.74. The minimum Gasteiger partial charge on any atom is -0.480 e. The predicted molar refractivity (Wildman–Crippen MR) is 57.9 cm³/mol. The molecule has 0 aliphatic rings. The molecule has 1 rings (SSSR count). The van der Waals surface area contributed by atoms with Crippen molar-refractivity contribution in [2.45, 2.75) is 10.3 Å². The van der Waals surface area contributed by atoms with Gasteiger partial charge < -0.3 is 10.2 Å². The molecule has 0 amide bonds. The molecular weight excluding hydrogens is 268 g/mol. The second-order valence-corrected chi connectivity index (χ2v) is 5.95. The van der Waals surface area contributed by atoms with Crippen LogP contribution in [0.15, 0.2) is 16.3 Å². The lowest BCUT2D eigenvalue weighted by molar-refractivity contribution is -0.139. The fourth-order valence-electron chi connectivity index (χ4n) is 0.936. The maximum absolute atomic E-state index is 11.7. The van der Waals surface area contributed by atoms with Crippen molar-refractivity contribution in [3.05, 3.63) is 17.0 Å². The summed E-state index contributed by atoms with van der Waals surface area (Å²) in [7, 11) is -4.03. The number of thiophene rings is 1.